The molecule has 0 bridgehead atoms. The lowest BCUT2D eigenvalue weighted by atomic mass is 9.76. The molecular formula is C26H29N5O2. The molecule has 1 fully saturated rings. The van der Waals surface area contributed by atoms with Crippen molar-refractivity contribution in [2.45, 2.75) is 25.4 Å². The van der Waals surface area contributed by atoms with Crippen LogP contribution in [-0.2, 0) is 20.8 Å². The molecule has 4 aromatic rings. The first kappa shape index (κ1) is 21.4. The average molecular weight is 444 g/mol. The van der Waals surface area contributed by atoms with E-state index in [1.807, 2.05) is 0 Å². The largest absolute Gasteiger partial charge is 0.333 e. The molecule has 0 spiro atoms. The van der Waals surface area contributed by atoms with Gasteiger partial charge in [0.05, 0.1) is 13.0 Å². The van der Waals surface area contributed by atoms with Gasteiger partial charge in [-0.25, -0.2) is 14.3 Å². The third-order valence-electron chi connectivity index (χ3n) is 6.96. The Bertz CT molecular complexity index is 1320. The zero-order valence-corrected chi connectivity index (χ0v) is 19.1. The molecule has 0 N–H and O–H groups in total. The number of fused-ring (bicyclic) bond motifs is 1. The molecule has 0 unspecified atom stereocenters. The summed E-state index contributed by atoms with van der Waals surface area (Å²) in [7, 11) is 3.45. The molecule has 0 aliphatic carbocycles. The monoisotopic (exact) mass is 443 g/mol. The van der Waals surface area contributed by atoms with Crippen molar-refractivity contribution < 1.29 is 0 Å². The van der Waals surface area contributed by atoms with E-state index in [2.05, 4.69) is 70.5 Å². The highest BCUT2D eigenvalue weighted by Crippen LogP contribution is 2.37. The second kappa shape index (κ2) is 8.83. The van der Waals surface area contributed by atoms with Crippen LogP contribution in [0.3, 0.4) is 0 Å². The average Bonchev–Trinajstić information content (AvgIpc) is 3.24. The number of hydrogen-bond acceptors (Lipinski definition) is 4. The standard InChI is InChI=1S/C26H29N5O2/c1-28-17-27-24-23(28)25(32)31(26(33)29(24)2)18-30-15-13-21(14-16-30)22(19-9-5-3-6-10-19)20-11-7-4-8-12-20/h3-12,17,21-22H,13-16,18H2,1-2H3. The van der Waals surface area contributed by atoms with Crippen LogP contribution in [0.4, 0.5) is 0 Å². The maximum absolute atomic E-state index is 13.1. The van der Waals surface area contributed by atoms with E-state index in [1.54, 1.807) is 25.0 Å². The normalized spacial score (nSPS) is 15.5. The molecule has 2 aromatic heterocycles. The molecular weight excluding hydrogens is 414 g/mol. The van der Waals surface area contributed by atoms with Gasteiger partial charge in [0.15, 0.2) is 11.2 Å². The van der Waals surface area contributed by atoms with Crippen LogP contribution in [0.15, 0.2) is 76.6 Å². The lowest BCUT2D eigenvalue weighted by Gasteiger charge is -2.36. The van der Waals surface area contributed by atoms with Gasteiger partial charge in [-0.1, -0.05) is 60.7 Å². The third kappa shape index (κ3) is 3.93. The zero-order valence-electron chi connectivity index (χ0n) is 19.1. The maximum Gasteiger partial charge on any atom is 0.333 e. The van der Waals surface area contributed by atoms with Crippen LogP contribution in [0.1, 0.15) is 29.9 Å². The summed E-state index contributed by atoms with van der Waals surface area (Å²) in [4.78, 5) is 32.4. The number of hydrogen-bond donors (Lipinski definition) is 0. The summed E-state index contributed by atoms with van der Waals surface area (Å²) in [5.41, 5.74) is 2.97. The van der Waals surface area contributed by atoms with Gasteiger partial charge in [-0.15, -0.1) is 0 Å². The minimum absolute atomic E-state index is 0.276. The van der Waals surface area contributed by atoms with Crippen LogP contribution in [0.5, 0.6) is 0 Å². The molecule has 0 amide bonds. The number of nitrogens with zero attached hydrogens (tertiary/aromatic N) is 5. The summed E-state index contributed by atoms with van der Waals surface area (Å²) >= 11 is 0. The van der Waals surface area contributed by atoms with Gasteiger partial charge in [0.2, 0.25) is 0 Å². The molecule has 7 heteroatoms. The Morgan fingerprint density at radius 2 is 1.48 bits per heavy atom. The number of aromatic nitrogens is 4. The van der Waals surface area contributed by atoms with Crippen LogP contribution < -0.4 is 11.2 Å². The van der Waals surface area contributed by atoms with E-state index in [1.165, 1.54) is 20.3 Å². The first-order chi connectivity index (χ1) is 16.0. The number of imidazole rings is 1. The van der Waals surface area contributed by atoms with E-state index in [0.29, 0.717) is 29.7 Å². The number of aryl methyl sites for hydroxylation is 2. The van der Waals surface area contributed by atoms with Crippen LogP contribution in [0.25, 0.3) is 11.2 Å². The van der Waals surface area contributed by atoms with Crippen molar-refractivity contribution >= 4 is 11.2 Å². The molecule has 1 saturated heterocycles. The fourth-order valence-corrected chi connectivity index (χ4v) is 5.21. The Labute approximate surface area is 192 Å². The van der Waals surface area contributed by atoms with Crippen molar-refractivity contribution in [3.8, 4) is 0 Å². The molecule has 7 nitrogen and oxygen atoms in total. The minimum Gasteiger partial charge on any atom is -0.328 e. The summed E-state index contributed by atoms with van der Waals surface area (Å²) in [6.45, 7) is 2.00. The first-order valence-corrected chi connectivity index (χ1v) is 11.5. The van der Waals surface area contributed by atoms with Gasteiger partial charge >= 0.3 is 5.69 Å². The maximum atomic E-state index is 13.1. The van der Waals surface area contributed by atoms with Gasteiger partial charge in [0.1, 0.15) is 0 Å². The van der Waals surface area contributed by atoms with Gasteiger partial charge in [-0.2, -0.15) is 0 Å². The highest BCUT2D eigenvalue weighted by Gasteiger charge is 2.29. The lowest BCUT2D eigenvalue weighted by molar-refractivity contribution is 0.136. The van der Waals surface area contributed by atoms with E-state index < -0.39 is 0 Å². The van der Waals surface area contributed by atoms with Crippen molar-refractivity contribution in [2.75, 3.05) is 13.1 Å². The Hall–Kier alpha value is -3.45. The molecule has 0 radical (unpaired) electrons. The predicted octanol–water partition coefficient (Wildman–Crippen LogP) is 2.94. The molecule has 1 aliphatic heterocycles. The van der Waals surface area contributed by atoms with Crippen LogP contribution >= 0.6 is 0 Å². The summed E-state index contributed by atoms with van der Waals surface area (Å²) in [6, 6.07) is 21.4. The Morgan fingerprint density at radius 3 is 2.06 bits per heavy atom. The van der Waals surface area contributed by atoms with E-state index in [9.17, 15) is 9.59 Å². The second-order valence-corrected chi connectivity index (χ2v) is 9.00. The van der Waals surface area contributed by atoms with Gasteiger partial charge in [0, 0.05) is 33.1 Å². The molecule has 5 rings (SSSR count). The molecule has 33 heavy (non-hydrogen) atoms. The highest BCUT2D eigenvalue weighted by atomic mass is 16.2. The third-order valence-corrected chi connectivity index (χ3v) is 6.96. The topological polar surface area (TPSA) is 65.1 Å². The number of rotatable bonds is 5. The van der Waals surface area contributed by atoms with Crippen molar-refractivity contribution in [1.29, 1.82) is 0 Å². The Morgan fingerprint density at radius 1 is 0.909 bits per heavy atom. The quantitative estimate of drug-likeness (QED) is 0.476. The van der Waals surface area contributed by atoms with E-state index in [4.69, 9.17) is 0 Å². The molecule has 170 valence electrons. The van der Waals surface area contributed by atoms with Crippen molar-refractivity contribution in [2.24, 2.45) is 20.0 Å². The van der Waals surface area contributed by atoms with Crippen LogP contribution in [0.2, 0.25) is 0 Å². The number of benzene rings is 2. The molecule has 0 saturated carbocycles. The summed E-state index contributed by atoms with van der Waals surface area (Å²) in [5.74, 6) is 0.848. The minimum atomic E-state index is -0.320. The fourth-order valence-electron chi connectivity index (χ4n) is 5.21. The summed E-state index contributed by atoms with van der Waals surface area (Å²) in [6.07, 6.45) is 3.60. The fraction of sp³-hybridized carbons (Fsp3) is 0.346. The van der Waals surface area contributed by atoms with Crippen LogP contribution in [-0.4, -0.2) is 36.7 Å². The van der Waals surface area contributed by atoms with E-state index in [-0.39, 0.29) is 11.2 Å². The zero-order chi connectivity index (χ0) is 22.9. The van der Waals surface area contributed by atoms with E-state index >= 15 is 0 Å². The molecule has 0 atom stereocenters. The van der Waals surface area contributed by atoms with E-state index in [0.717, 1.165) is 25.9 Å². The molecule has 1 aliphatic rings. The molecule has 3 heterocycles. The smallest absolute Gasteiger partial charge is 0.328 e. The summed E-state index contributed by atoms with van der Waals surface area (Å²) in [5, 5.41) is 0. The van der Waals surface area contributed by atoms with Crippen LogP contribution in [0, 0.1) is 5.92 Å². The van der Waals surface area contributed by atoms with Crippen molar-refractivity contribution in [3.05, 3.63) is 99.0 Å². The number of piperidine rings is 1. The second-order valence-electron chi connectivity index (χ2n) is 9.00. The highest BCUT2D eigenvalue weighted by molar-refractivity contribution is 5.69. The Kier molecular flexibility index (Phi) is 5.72. The predicted molar refractivity (Wildman–Crippen MR) is 129 cm³/mol. The number of likely N-dealkylation sites (tertiary alicyclic amines) is 1. The van der Waals surface area contributed by atoms with Gasteiger partial charge in [-0.3, -0.25) is 14.3 Å². The van der Waals surface area contributed by atoms with Gasteiger partial charge in [0.25, 0.3) is 5.56 Å². The van der Waals surface area contributed by atoms with Gasteiger partial charge in [-0.05, 0) is 29.9 Å². The van der Waals surface area contributed by atoms with Crippen molar-refractivity contribution in [3.63, 3.8) is 0 Å². The molecule has 2 aromatic carbocycles. The lowest BCUT2D eigenvalue weighted by Crippen LogP contribution is -2.46. The SMILES string of the molecule is Cn1cnc2c1c(=O)n(CN1CCC(C(c3ccccc3)c3ccccc3)CC1)c(=O)n2C. The first-order valence-electron chi connectivity index (χ1n) is 11.5. The van der Waals surface area contributed by atoms with Gasteiger partial charge < -0.3 is 4.57 Å². The summed E-state index contributed by atoms with van der Waals surface area (Å²) < 4.78 is 4.49. The van der Waals surface area contributed by atoms with Crippen molar-refractivity contribution in [1.82, 2.24) is 23.6 Å². The Balaban J connectivity index is 1.38.